The molecule has 4 rings (SSSR count). The highest BCUT2D eigenvalue weighted by atomic mass is 19.2. The van der Waals surface area contributed by atoms with Crippen LogP contribution in [-0.4, -0.2) is 15.9 Å². The summed E-state index contributed by atoms with van der Waals surface area (Å²) < 4.78 is 37.5. The van der Waals surface area contributed by atoms with Gasteiger partial charge in [0.25, 0.3) is 5.91 Å². The molecule has 0 atom stereocenters. The van der Waals surface area contributed by atoms with Crippen molar-refractivity contribution in [2.24, 2.45) is 0 Å². The Hall–Kier alpha value is -3.55. The van der Waals surface area contributed by atoms with Gasteiger partial charge in [-0.05, 0) is 36.4 Å². The molecule has 8 heteroatoms. The zero-order valence-electron chi connectivity index (χ0n) is 13.4. The van der Waals surface area contributed by atoms with E-state index in [2.05, 4.69) is 15.3 Å². The first kappa shape index (κ1) is 15.9. The van der Waals surface area contributed by atoms with Crippen molar-refractivity contribution in [3.63, 3.8) is 0 Å². The number of fused-ring (bicyclic) bond motifs is 1. The maximum Gasteiger partial charge on any atom is 0.293 e. The average Bonchev–Trinajstić information content (AvgIpc) is 3.26. The number of oxazole rings is 2. The van der Waals surface area contributed by atoms with Gasteiger partial charge in [-0.3, -0.25) is 4.79 Å². The third kappa shape index (κ3) is 2.81. The summed E-state index contributed by atoms with van der Waals surface area (Å²) >= 11 is 0. The maximum atomic E-state index is 13.7. The summed E-state index contributed by atoms with van der Waals surface area (Å²) in [7, 11) is 0. The van der Waals surface area contributed by atoms with Crippen molar-refractivity contribution in [1.82, 2.24) is 9.97 Å². The number of hydrogen-bond acceptors (Lipinski definition) is 5. The molecule has 1 amide bonds. The number of anilines is 1. The minimum atomic E-state index is -1.08. The quantitative estimate of drug-likeness (QED) is 0.592. The molecule has 0 unspecified atom stereocenters. The highest BCUT2D eigenvalue weighted by Gasteiger charge is 2.16. The molecule has 2 aromatic carbocycles. The maximum absolute atomic E-state index is 13.7. The Morgan fingerprint density at radius 1 is 1.08 bits per heavy atom. The molecule has 0 aliphatic carbocycles. The van der Waals surface area contributed by atoms with Crippen LogP contribution in [0.15, 0.2) is 51.4 Å². The third-order valence-corrected chi connectivity index (χ3v) is 3.68. The lowest BCUT2D eigenvalue weighted by Gasteiger charge is -2.03. The molecule has 1 N–H and O–H groups in total. The Labute approximate surface area is 145 Å². The van der Waals surface area contributed by atoms with E-state index < -0.39 is 17.5 Å². The van der Waals surface area contributed by atoms with Gasteiger partial charge < -0.3 is 14.2 Å². The van der Waals surface area contributed by atoms with E-state index in [4.69, 9.17) is 8.83 Å². The summed E-state index contributed by atoms with van der Waals surface area (Å²) in [4.78, 5) is 20.0. The fourth-order valence-corrected chi connectivity index (χ4v) is 2.41. The number of hydrogen-bond donors (Lipinski definition) is 1. The summed E-state index contributed by atoms with van der Waals surface area (Å²) in [6.45, 7) is 1.64. The van der Waals surface area contributed by atoms with Gasteiger partial charge in [0.1, 0.15) is 5.52 Å². The van der Waals surface area contributed by atoms with E-state index in [0.29, 0.717) is 17.1 Å². The molecule has 0 aliphatic heterocycles. The number of carbonyl (C=O) groups is 1. The molecule has 26 heavy (non-hydrogen) atoms. The van der Waals surface area contributed by atoms with Crippen LogP contribution < -0.4 is 5.32 Å². The standard InChI is InChI=1S/C18H11F2N3O3/c1-9-21-8-14(25-9)17(24)22-11-4-2-10(3-5-11)18-23-13-7-6-12(19)15(20)16(13)26-18/h2-8H,1H3,(H,22,24). The average molecular weight is 355 g/mol. The molecule has 2 heterocycles. The summed E-state index contributed by atoms with van der Waals surface area (Å²) in [6, 6.07) is 8.87. The number of rotatable bonds is 3. The molecule has 6 nitrogen and oxygen atoms in total. The summed E-state index contributed by atoms with van der Waals surface area (Å²) in [5, 5.41) is 2.66. The SMILES string of the molecule is Cc1ncc(C(=O)Nc2ccc(-c3nc4ccc(F)c(F)c4o3)cc2)o1. The summed E-state index contributed by atoms with van der Waals surface area (Å²) in [6.07, 6.45) is 1.34. The predicted molar refractivity (Wildman–Crippen MR) is 88.6 cm³/mol. The largest absolute Gasteiger partial charge is 0.436 e. The van der Waals surface area contributed by atoms with Crippen LogP contribution in [0.1, 0.15) is 16.4 Å². The number of benzene rings is 2. The van der Waals surface area contributed by atoms with Crippen molar-refractivity contribution in [2.75, 3.05) is 5.32 Å². The minimum absolute atomic E-state index is 0.100. The molecule has 0 bridgehead atoms. The van der Waals surface area contributed by atoms with Crippen molar-refractivity contribution in [3.05, 3.63) is 65.9 Å². The number of aryl methyl sites for hydroxylation is 1. The Morgan fingerprint density at radius 2 is 1.85 bits per heavy atom. The molecule has 0 saturated carbocycles. The van der Waals surface area contributed by atoms with E-state index in [1.807, 2.05) is 0 Å². The van der Waals surface area contributed by atoms with Gasteiger partial charge >= 0.3 is 0 Å². The number of nitrogens with zero attached hydrogens (tertiary/aromatic N) is 2. The monoisotopic (exact) mass is 355 g/mol. The van der Waals surface area contributed by atoms with Crippen molar-refractivity contribution in [1.29, 1.82) is 0 Å². The number of amides is 1. The van der Waals surface area contributed by atoms with Gasteiger partial charge in [0.2, 0.25) is 17.5 Å². The van der Waals surface area contributed by atoms with Crippen molar-refractivity contribution in [2.45, 2.75) is 6.92 Å². The van der Waals surface area contributed by atoms with Crippen LogP contribution in [0.5, 0.6) is 0 Å². The van der Waals surface area contributed by atoms with E-state index in [1.165, 1.54) is 12.3 Å². The van der Waals surface area contributed by atoms with Crippen LogP contribution >= 0.6 is 0 Å². The molecule has 4 aromatic rings. The van der Waals surface area contributed by atoms with Gasteiger partial charge in [-0.1, -0.05) is 0 Å². The molecule has 0 saturated heterocycles. The first-order chi connectivity index (χ1) is 12.5. The van der Waals surface area contributed by atoms with Crippen LogP contribution in [0, 0.1) is 18.6 Å². The Balaban J connectivity index is 1.58. The van der Waals surface area contributed by atoms with E-state index in [0.717, 1.165) is 6.07 Å². The zero-order chi connectivity index (χ0) is 18.3. The normalized spacial score (nSPS) is 11.0. The number of carbonyl (C=O) groups excluding carboxylic acids is 1. The fourth-order valence-electron chi connectivity index (χ4n) is 2.41. The van der Waals surface area contributed by atoms with E-state index in [-0.39, 0.29) is 22.8 Å². The van der Waals surface area contributed by atoms with Crippen molar-refractivity contribution >= 4 is 22.7 Å². The second kappa shape index (κ2) is 6.07. The van der Waals surface area contributed by atoms with Gasteiger partial charge in [-0.2, -0.15) is 4.39 Å². The van der Waals surface area contributed by atoms with Crippen LogP contribution in [0.3, 0.4) is 0 Å². The molecule has 0 fully saturated rings. The van der Waals surface area contributed by atoms with Gasteiger partial charge in [-0.15, -0.1) is 0 Å². The summed E-state index contributed by atoms with van der Waals surface area (Å²) in [5.74, 6) is -1.87. The van der Waals surface area contributed by atoms with E-state index >= 15 is 0 Å². The number of nitrogens with one attached hydrogen (secondary N) is 1. The number of halogens is 2. The number of aromatic nitrogens is 2. The Bertz CT molecular complexity index is 1120. The van der Waals surface area contributed by atoms with Crippen molar-refractivity contribution < 1.29 is 22.4 Å². The van der Waals surface area contributed by atoms with E-state index in [9.17, 15) is 13.6 Å². The van der Waals surface area contributed by atoms with Crippen LogP contribution in [0.2, 0.25) is 0 Å². The minimum Gasteiger partial charge on any atom is -0.436 e. The van der Waals surface area contributed by atoms with Gasteiger partial charge in [0.15, 0.2) is 17.3 Å². The second-order valence-electron chi connectivity index (χ2n) is 5.50. The lowest BCUT2D eigenvalue weighted by molar-refractivity contribution is 0.0995. The molecule has 0 radical (unpaired) electrons. The van der Waals surface area contributed by atoms with Gasteiger partial charge in [-0.25, -0.2) is 14.4 Å². The third-order valence-electron chi connectivity index (χ3n) is 3.68. The van der Waals surface area contributed by atoms with Crippen LogP contribution in [0.25, 0.3) is 22.6 Å². The zero-order valence-corrected chi connectivity index (χ0v) is 13.4. The predicted octanol–water partition coefficient (Wildman–Crippen LogP) is 4.32. The van der Waals surface area contributed by atoms with Crippen LogP contribution in [0.4, 0.5) is 14.5 Å². The van der Waals surface area contributed by atoms with Crippen molar-refractivity contribution in [3.8, 4) is 11.5 Å². The molecular formula is C18H11F2N3O3. The van der Waals surface area contributed by atoms with Gasteiger partial charge in [0, 0.05) is 18.2 Å². The first-order valence-electron chi connectivity index (χ1n) is 7.60. The van der Waals surface area contributed by atoms with Crippen LogP contribution in [-0.2, 0) is 0 Å². The molecule has 2 aromatic heterocycles. The molecule has 130 valence electrons. The Kier molecular flexibility index (Phi) is 3.72. The lowest BCUT2D eigenvalue weighted by atomic mass is 10.2. The Morgan fingerprint density at radius 3 is 2.54 bits per heavy atom. The molecule has 0 aliphatic rings. The molecular weight excluding hydrogens is 344 g/mol. The smallest absolute Gasteiger partial charge is 0.293 e. The second-order valence-corrected chi connectivity index (χ2v) is 5.50. The first-order valence-corrected chi connectivity index (χ1v) is 7.60. The highest BCUT2D eigenvalue weighted by Crippen LogP contribution is 2.28. The topological polar surface area (TPSA) is 81.2 Å². The van der Waals surface area contributed by atoms with E-state index in [1.54, 1.807) is 31.2 Å². The highest BCUT2D eigenvalue weighted by molar-refractivity contribution is 6.02. The molecule has 0 spiro atoms. The fraction of sp³-hybridized carbons (Fsp3) is 0.0556. The summed E-state index contributed by atoms with van der Waals surface area (Å²) in [5.41, 5.74) is 1.05. The lowest BCUT2D eigenvalue weighted by Crippen LogP contribution is -2.10. The van der Waals surface area contributed by atoms with Gasteiger partial charge in [0.05, 0.1) is 6.20 Å².